The molecule has 0 nitrogen and oxygen atoms in total. The van der Waals surface area contributed by atoms with Gasteiger partial charge in [0, 0.05) is 0 Å². The molecule has 1 atom stereocenters. The molecule has 1 aliphatic carbocycles. The SMILES string of the molecule is CC1=CC(C)(CC(C)(C)C)CC1. The molecule has 0 N–H and O–H groups in total. The smallest absolute Gasteiger partial charge is 0.0136 e. The van der Waals surface area contributed by atoms with Crippen LogP contribution in [0.1, 0.15) is 53.9 Å². The molecule has 1 rings (SSSR count). The highest BCUT2D eigenvalue weighted by Gasteiger charge is 2.30. The molecule has 1 unspecified atom stereocenters. The zero-order chi connectivity index (χ0) is 9.41. The molecule has 0 aromatic heterocycles. The van der Waals surface area contributed by atoms with E-state index in [2.05, 4.69) is 40.7 Å². The van der Waals surface area contributed by atoms with E-state index in [0.29, 0.717) is 10.8 Å². The van der Waals surface area contributed by atoms with Gasteiger partial charge in [-0.2, -0.15) is 0 Å². The van der Waals surface area contributed by atoms with Gasteiger partial charge in [0.15, 0.2) is 0 Å². The Morgan fingerprint density at radius 3 is 2.33 bits per heavy atom. The molecule has 0 radical (unpaired) electrons. The van der Waals surface area contributed by atoms with Crippen LogP contribution in [0, 0.1) is 10.8 Å². The molecular formula is C12H22. The Hall–Kier alpha value is -0.260. The van der Waals surface area contributed by atoms with Crippen molar-refractivity contribution >= 4 is 0 Å². The lowest BCUT2D eigenvalue weighted by molar-refractivity contribution is 0.241. The fraction of sp³-hybridized carbons (Fsp3) is 0.833. The normalized spacial score (nSPS) is 30.6. The van der Waals surface area contributed by atoms with E-state index in [1.165, 1.54) is 19.3 Å². The highest BCUT2D eigenvalue weighted by atomic mass is 14.4. The predicted molar refractivity (Wildman–Crippen MR) is 55.2 cm³/mol. The maximum Gasteiger partial charge on any atom is -0.0136 e. The summed E-state index contributed by atoms with van der Waals surface area (Å²) in [6.07, 6.45) is 6.47. The first-order valence-corrected chi connectivity index (χ1v) is 4.99. The third kappa shape index (κ3) is 2.66. The topological polar surface area (TPSA) is 0 Å². The van der Waals surface area contributed by atoms with E-state index in [9.17, 15) is 0 Å². The molecule has 1 aliphatic rings. The van der Waals surface area contributed by atoms with Crippen molar-refractivity contribution in [1.29, 1.82) is 0 Å². The van der Waals surface area contributed by atoms with E-state index in [1.54, 1.807) is 5.57 Å². The Morgan fingerprint density at radius 2 is 2.00 bits per heavy atom. The van der Waals surface area contributed by atoms with Crippen LogP contribution in [-0.4, -0.2) is 0 Å². The van der Waals surface area contributed by atoms with Crippen molar-refractivity contribution in [1.82, 2.24) is 0 Å². The van der Waals surface area contributed by atoms with Gasteiger partial charge in [-0.15, -0.1) is 0 Å². The number of hydrogen-bond donors (Lipinski definition) is 0. The molecule has 0 spiro atoms. The molecule has 70 valence electrons. The van der Waals surface area contributed by atoms with E-state index in [0.717, 1.165) is 0 Å². The van der Waals surface area contributed by atoms with Crippen LogP contribution in [0.3, 0.4) is 0 Å². The van der Waals surface area contributed by atoms with E-state index >= 15 is 0 Å². The summed E-state index contributed by atoms with van der Waals surface area (Å²) < 4.78 is 0. The lowest BCUT2D eigenvalue weighted by Gasteiger charge is -2.30. The second kappa shape index (κ2) is 2.90. The molecule has 0 aliphatic heterocycles. The highest BCUT2D eigenvalue weighted by molar-refractivity contribution is 5.14. The van der Waals surface area contributed by atoms with Crippen molar-refractivity contribution in [3.05, 3.63) is 11.6 Å². The molecule has 0 bridgehead atoms. The van der Waals surface area contributed by atoms with E-state index in [-0.39, 0.29) is 0 Å². The largest absolute Gasteiger partial charge is 0.0796 e. The van der Waals surface area contributed by atoms with Crippen molar-refractivity contribution < 1.29 is 0 Å². The average molecular weight is 166 g/mol. The maximum atomic E-state index is 2.48. The molecular weight excluding hydrogens is 144 g/mol. The minimum Gasteiger partial charge on any atom is -0.0796 e. The molecule has 0 fully saturated rings. The van der Waals surface area contributed by atoms with Crippen LogP contribution in [0.5, 0.6) is 0 Å². The molecule has 0 heterocycles. The van der Waals surface area contributed by atoms with Gasteiger partial charge in [-0.3, -0.25) is 0 Å². The molecule has 0 heteroatoms. The van der Waals surface area contributed by atoms with Gasteiger partial charge in [0.25, 0.3) is 0 Å². The second-order valence-corrected chi connectivity index (χ2v) is 5.88. The van der Waals surface area contributed by atoms with Crippen LogP contribution in [0.2, 0.25) is 0 Å². The van der Waals surface area contributed by atoms with Gasteiger partial charge in [0.1, 0.15) is 0 Å². The first-order chi connectivity index (χ1) is 5.31. The third-order valence-electron chi connectivity index (χ3n) is 2.62. The lowest BCUT2D eigenvalue weighted by Crippen LogP contribution is -2.19. The summed E-state index contributed by atoms with van der Waals surface area (Å²) in [6.45, 7) is 11.7. The fourth-order valence-corrected chi connectivity index (χ4v) is 2.57. The Bertz CT molecular complexity index is 193. The summed E-state index contributed by atoms with van der Waals surface area (Å²) in [5, 5.41) is 0. The minimum atomic E-state index is 0.468. The lowest BCUT2D eigenvalue weighted by atomic mass is 9.75. The summed E-state index contributed by atoms with van der Waals surface area (Å²) in [7, 11) is 0. The van der Waals surface area contributed by atoms with Crippen LogP contribution in [0.25, 0.3) is 0 Å². The Morgan fingerprint density at radius 1 is 1.42 bits per heavy atom. The first kappa shape index (κ1) is 9.83. The number of rotatable bonds is 1. The van der Waals surface area contributed by atoms with Gasteiger partial charge >= 0.3 is 0 Å². The zero-order valence-electron chi connectivity index (χ0n) is 9.20. The second-order valence-electron chi connectivity index (χ2n) is 5.88. The molecule has 12 heavy (non-hydrogen) atoms. The summed E-state index contributed by atoms with van der Waals surface area (Å²) in [6, 6.07) is 0. The zero-order valence-corrected chi connectivity index (χ0v) is 9.20. The summed E-state index contributed by atoms with van der Waals surface area (Å²) in [5.41, 5.74) is 2.54. The van der Waals surface area contributed by atoms with Crippen molar-refractivity contribution in [3.8, 4) is 0 Å². The summed E-state index contributed by atoms with van der Waals surface area (Å²) in [4.78, 5) is 0. The molecule has 0 amide bonds. The average Bonchev–Trinajstić information content (AvgIpc) is 2.05. The van der Waals surface area contributed by atoms with Crippen molar-refractivity contribution in [3.63, 3.8) is 0 Å². The quantitative estimate of drug-likeness (QED) is 0.513. The molecule has 0 saturated carbocycles. The van der Waals surface area contributed by atoms with Crippen LogP contribution in [0.4, 0.5) is 0 Å². The molecule has 0 saturated heterocycles. The van der Waals surface area contributed by atoms with Crippen LogP contribution < -0.4 is 0 Å². The van der Waals surface area contributed by atoms with Gasteiger partial charge in [0.2, 0.25) is 0 Å². The number of allylic oxidation sites excluding steroid dienone is 2. The molecule has 0 aromatic rings. The predicted octanol–water partition coefficient (Wildman–Crippen LogP) is 4.17. The summed E-state index contributed by atoms with van der Waals surface area (Å²) >= 11 is 0. The van der Waals surface area contributed by atoms with Gasteiger partial charge in [-0.25, -0.2) is 0 Å². The van der Waals surface area contributed by atoms with Crippen LogP contribution >= 0.6 is 0 Å². The van der Waals surface area contributed by atoms with E-state index in [1.807, 2.05) is 0 Å². The Kier molecular flexibility index (Phi) is 2.38. The van der Waals surface area contributed by atoms with E-state index < -0.39 is 0 Å². The van der Waals surface area contributed by atoms with E-state index in [4.69, 9.17) is 0 Å². The first-order valence-electron chi connectivity index (χ1n) is 4.99. The monoisotopic (exact) mass is 166 g/mol. The van der Waals surface area contributed by atoms with Crippen LogP contribution in [-0.2, 0) is 0 Å². The van der Waals surface area contributed by atoms with Gasteiger partial charge in [-0.1, -0.05) is 39.3 Å². The van der Waals surface area contributed by atoms with Crippen molar-refractivity contribution in [2.45, 2.75) is 53.9 Å². The fourth-order valence-electron chi connectivity index (χ4n) is 2.57. The standard InChI is InChI=1S/C12H22/c1-10-6-7-12(5,8-10)9-11(2,3)4/h8H,6-7,9H2,1-5H3. The number of hydrogen-bond acceptors (Lipinski definition) is 0. The van der Waals surface area contributed by atoms with Gasteiger partial charge < -0.3 is 0 Å². The van der Waals surface area contributed by atoms with Gasteiger partial charge in [0.05, 0.1) is 0 Å². The van der Waals surface area contributed by atoms with Crippen molar-refractivity contribution in [2.24, 2.45) is 10.8 Å². The van der Waals surface area contributed by atoms with Gasteiger partial charge in [-0.05, 0) is 37.0 Å². The highest BCUT2D eigenvalue weighted by Crippen LogP contribution is 2.43. The maximum absolute atomic E-state index is 2.48. The van der Waals surface area contributed by atoms with Crippen LogP contribution in [0.15, 0.2) is 11.6 Å². The summed E-state index contributed by atoms with van der Waals surface area (Å²) in [5.74, 6) is 0. The van der Waals surface area contributed by atoms with Crippen molar-refractivity contribution in [2.75, 3.05) is 0 Å². The Labute approximate surface area is 77.1 Å². The third-order valence-corrected chi connectivity index (χ3v) is 2.62. The molecule has 0 aromatic carbocycles. The minimum absolute atomic E-state index is 0.468. The Balaban J connectivity index is 2.63.